The first kappa shape index (κ1) is 11.5. The minimum absolute atomic E-state index is 0.248. The molecule has 1 aromatic carbocycles. The van der Waals surface area contributed by atoms with Gasteiger partial charge in [0.15, 0.2) is 0 Å². The Morgan fingerprint density at radius 2 is 1.93 bits per heavy atom. The molecule has 3 N–H and O–H groups in total. The maximum absolute atomic E-state index is 11.4. The molecule has 0 aliphatic heterocycles. The molecule has 0 atom stereocenters. The van der Waals surface area contributed by atoms with Crippen LogP contribution in [-0.2, 0) is 4.79 Å². The van der Waals surface area contributed by atoms with Crippen molar-refractivity contribution in [3.05, 3.63) is 34.9 Å². The van der Waals surface area contributed by atoms with Gasteiger partial charge in [-0.25, -0.2) is 0 Å². The van der Waals surface area contributed by atoms with E-state index in [0.29, 0.717) is 0 Å². The number of nitrogens with one attached hydrogen (secondary N) is 2. The highest BCUT2D eigenvalue weighted by Gasteiger charge is 2.09. The fourth-order valence-electron chi connectivity index (χ4n) is 0.879. The number of hydrogen-bond donors (Lipinski definition) is 3. The first-order chi connectivity index (χ1) is 7.15. The zero-order chi connectivity index (χ0) is 11.3. The molecule has 0 aliphatic carbocycles. The van der Waals surface area contributed by atoms with Gasteiger partial charge in [-0.15, -0.1) is 0 Å². The van der Waals surface area contributed by atoms with Gasteiger partial charge in [0.1, 0.15) is 6.61 Å². The van der Waals surface area contributed by atoms with Crippen LogP contribution in [0.5, 0.6) is 0 Å². The van der Waals surface area contributed by atoms with E-state index in [0.717, 1.165) is 0 Å². The Kier molecular flexibility index (Phi) is 4.08. The lowest BCUT2D eigenvalue weighted by Crippen LogP contribution is -2.43. The Morgan fingerprint density at radius 1 is 1.27 bits per heavy atom. The van der Waals surface area contributed by atoms with Crippen molar-refractivity contribution in [3.8, 4) is 0 Å². The number of rotatable bonds is 2. The summed E-state index contributed by atoms with van der Waals surface area (Å²) in [6, 6.07) is 6.41. The molecular formula is C9H9ClN2O3. The van der Waals surface area contributed by atoms with Gasteiger partial charge in [0.25, 0.3) is 11.8 Å². The molecule has 0 aromatic heterocycles. The van der Waals surface area contributed by atoms with E-state index in [2.05, 4.69) is 5.43 Å². The molecule has 1 aromatic rings. The molecule has 0 aliphatic rings. The Labute approximate surface area is 91.0 Å². The molecule has 2 amide bonds. The van der Waals surface area contributed by atoms with Crippen LogP contribution < -0.4 is 10.9 Å². The van der Waals surface area contributed by atoms with E-state index < -0.39 is 18.4 Å². The topological polar surface area (TPSA) is 78.4 Å². The monoisotopic (exact) mass is 228 g/mol. The van der Waals surface area contributed by atoms with Crippen molar-refractivity contribution in [2.45, 2.75) is 0 Å². The number of halogens is 1. The third-order valence-corrected chi connectivity index (χ3v) is 1.91. The van der Waals surface area contributed by atoms with Crippen LogP contribution in [0.4, 0.5) is 0 Å². The van der Waals surface area contributed by atoms with Crippen molar-refractivity contribution >= 4 is 23.4 Å². The summed E-state index contributed by atoms with van der Waals surface area (Å²) in [5.74, 6) is -1.24. The van der Waals surface area contributed by atoms with Gasteiger partial charge in [-0.3, -0.25) is 20.4 Å². The van der Waals surface area contributed by atoms with E-state index >= 15 is 0 Å². The molecular weight excluding hydrogens is 220 g/mol. The Hall–Kier alpha value is -1.59. The van der Waals surface area contributed by atoms with Crippen molar-refractivity contribution in [2.24, 2.45) is 0 Å². The summed E-state index contributed by atoms with van der Waals surface area (Å²) in [6.45, 7) is -0.692. The van der Waals surface area contributed by atoms with Gasteiger partial charge in [-0.05, 0) is 12.1 Å². The van der Waals surface area contributed by atoms with Crippen LogP contribution >= 0.6 is 11.6 Å². The summed E-state index contributed by atoms with van der Waals surface area (Å²) in [7, 11) is 0. The summed E-state index contributed by atoms with van der Waals surface area (Å²) in [4.78, 5) is 22.0. The van der Waals surface area contributed by atoms with Crippen LogP contribution in [0.15, 0.2) is 24.3 Å². The fourth-order valence-corrected chi connectivity index (χ4v) is 1.10. The standard InChI is InChI=1S/C9H9ClN2O3/c10-7-4-2-1-3-6(7)9(15)12-11-8(14)5-13/h1-4,13H,5H2,(H,11,14)(H,12,15). The highest BCUT2D eigenvalue weighted by atomic mass is 35.5. The number of aliphatic hydroxyl groups is 1. The van der Waals surface area contributed by atoms with E-state index in [4.69, 9.17) is 16.7 Å². The number of amides is 2. The predicted octanol–water partition coefficient (Wildman–Crippen LogP) is 0.0933. The SMILES string of the molecule is O=C(CO)NNC(=O)c1ccccc1Cl. The van der Waals surface area contributed by atoms with Crippen LogP contribution in [0.1, 0.15) is 10.4 Å². The van der Waals surface area contributed by atoms with Crippen molar-refractivity contribution < 1.29 is 14.7 Å². The normalized spacial score (nSPS) is 9.47. The second kappa shape index (κ2) is 5.33. The smallest absolute Gasteiger partial charge is 0.271 e. The summed E-state index contributed by atoms with van der Waals surface area (Å²) in [5, 5.41) is 8.67. The number of aliphatic hydroxyl groups excluding tert-OH is 1. The molecule has 0 saturated carbocycles. The van der Waals surface area contributed by atoms with Gasteiger partial charge < -0.3 is 5.11 Å². The van der Waals surface area contributed by atoms with Gasteiger partial charge in [0.2, 0.25) is 0 Å². The summed E-state index contributed by atoms with van der Waals surface area (Å²) in [6.07, 6.45) is 0. The van der Waals surface area contributed by atoms with E-state index in [1.54, 1.807) is 18.2 Å². The van der Waals surface area contributed by atoms with Crippen molar-refractivity contribution in [1.82, 2.24) is 10.9 Å². The Morgan fingerprint density at radius 3 is 2.53 bits per heavy atom. The van der Waals surface area contributed by atoms with E-state index in [9.17, 15) is 9.59 Å². The van der Waals surface area contributed by atoms with Gasteiger partial charge in [-0.2, -0.15) is 0 Å². The van der Waals surface area contributed by atoms with Gasteiger partial charge in [0, 0.05) is 0 Å². The Balaban J connectivity index is 2.62. The maximum atomic E-state index is 11.4. The minimum Gasteiger partial charge on any atom is -0.386 e. The van der Waals surface area contributed by atoms with Crippen LogP contribution in [0.25, 0.3) is 0 Å². The maximum Gasteiger partial charge on any atom is 0.271 e. The summed E-state index contributed by atoms with van der Waals surface area (Å²) < 4.78 is 0. The highest BCUT2D eigenvalue weighted by molar-refractivity contribution is 6.33. The lowest BCUT2D eigenvalue weighted by Gasteiger charge is -2.06. The van der Waals surface area contributed by atoms with Crippen LogP contribution in [0.2, 0.25) is 5.02 Å². The van der Waals surface area contributed by atoms with Gasteiger partial charge >= 0.3 is 0 Å². The first-order valence-electron chi connectivity index (χ1n) is 4.09. The van der Waals surface area contributed by atoms with E-state index in [1.165, 1.54) is 6.07 Å². The van der Waals surface area contributed by atoms with Gasteiger partial charge in [0.05, 0.1) is 10.6 Å². The average Bonchev–Trinajstić information content (AvgIpc) is 2.26. The number of hydrazine groups is 1. The summed E-state index contributed by atoms with van der Waals surface area (Å²) >= 11 is 5.75. The number of hydrogen-bond acceptors (Lipinski definition) is 3. The highest BCUT2D eigenvalue weighted by Crippen LogP contribution is 2.13. The predicted molar refractivity (Wildman–Crippen MR) is 54.1 cm³/mol. The second-order valence-corrected chi connectivity index (χ2v) is 3.05. The second-order valence-electron chi connectivity index (χ2n) is 2.64. The van der Waals surface area contributed by atoms with Crippen LogP contribution in [-0.4, -0.2) is 23.5 Å². The lowest BCUT2D eigenvalue weighted by molar-refractivity contribution is -0.124. The molecule has 5 nitrogen and oxygen atoms in total. The molecule has 0 spiro atoms. The lowest BCUT2D eigenvalue weighted by atomic mass is 10.2. The molecule has 0 radical (unpaired) electrons. The molecule has 6 heteroatoms. The van der Waals surface area contributed by atoms with Crippen molar-refractivity contribution in [1.29, 1.82) is 0 Å². The first-order valence-corrected chi connectivity index (χ1v) is 4.47. The van der Waals surface area contributed by atoms with Gasteiger partial charge in [-0.1, -0.05) is 23.7 Å². The van der Waals surface area contributed by atoms with E-state index in [1.807, 2.05) is 5.43 Å². The van der Waals surface area contributed by atoms with E-state index in [-0.39, 0.29) is 10.6 Å². The zero-order valence-corrected chi connectivity index (χ0v) is 8.41. The van der Waals surface area contributed by atoms with Crippen LogP contribution in [0, 0.1) is 0 Å². The Bertz CT molecular complexity index is 381. The number of benzene rings is 1. The molecule has 1 rings (SSSR count). The van der Waals surface area contributed by atoms with Crippen LogP contribution in [0.3, 0.4) is 0 Å². The largest absolute Gasteiger partial charge is 0.386 e. The third-order valence-electron chi connectivity index (χ3n) is 1.58. The number of carbonyl (C=O) groups excluding carboxylic acids is 2. The summed E-state index contributed by atoms with van der Waals surface area (Å²) in [5.41, 5.74) is 4.37. The van der Waals surface area contributed by atoms with Crippen molar-refractivity contribution in [2.75, 3.05) is 6.61 Å². The molecule has 15 heavy (non-hydrogen) atoms. The molecule has 0 heterocycles. The molecule has 0 bridgehead atoms. The number of carbonyl (C=O) groups is 2. The molecule has 0 unspecified atom stereocenters. The third kappa shape index (κ3) is 3.23. The molecule has 0 fully saturated rings. The zero-order valence-electron chi connectivity index (χ0n) is 7.66. The molecule has 0 saturated heterocycles. The average molecular weight is 229 g/mol. The minimum atomic E-state index is -0.699. The van der Waals surface area contributed by atoms with Crippen molar-refractivity contribution in [3.63, 3.8) is 0 Å². The molecule has 80 valence electrons. The quantitative estimate of drug-likeness (QED) is 0.628. The fraction of sp³-hybridized carbons (Fsp3) is 0.111.